The molecule has 1 amide bonds. The van der Waals surface area contributed by atoms with E-state index in [-0.39, 0.29) is 0 Å². The fourth-order valence-electron chi connectivity index (χ4n) is 3.25. The van der Waals surface area contributed by atoms with E-state index in [1.165, 1.54) is 0 Å². The van der Waals surface area contributed by atoms with Crippen molar-refractivity contribution in [1.29, 1.82) is 0 Å². The van der Waals surface area contributed by atoms with Crippen LogP contribution >= 0.6 is 0 Å². The van der Waals surface area contributed by atoms with Gasteiger partial charge in [0, 0.05) is 6.92 Å². The Morgan fingerprint density at radius 1 is 0.824 bits per heavy atom. The zero-order valence-electron chi connectivity index (χ0n) is 17.2. The lowest BCUT2D eigenvalue weighted by atomic mass is 9.95. The Labute approximate surface area is 192 Å². The minimum Gasteiger partial charge on any atom is -0.388 e. The number of carbonyl (C=O) groups excluding carboxylic acids is 1. The quantitative estimate of drug-likeness (QED) is 0.126. The number of ether oxygens (including phenoxy) is 3. The van der Waals surface area contributed by atoms with Gasteiger partial charge >= 0.3 is 20.8 Å². The summed E-state index contributed by atoms with van der Waals surface area (Å²) < 4.78 is 84.4. The zero-order chi connectivity index (χ0) is 26.0. The Morgan fingerprint density at radius 2 is 1.32 bits per heavy atom. The van der Waals surface area contributed by atoms with Gasteiger partial charge in [0.15, 0.2) is 12.6 Å². The van der Waals surface area contributed by atoms with Crippen LogP contribution in [0, 0.1) is 0 Å². The number of carbonyl (C=O) groups is 1. The molecule has 0 saturated carbocycles. The number of nitrogens with one attached hydrogen (secondary N) is 1. The summed E-state index contributed by atoms with van der Waals surface area (Å²) in [4.78, 5) is 11.5. The first-order chi connectivity index (χ1) is 15.5. The highest BCUT2D eigenvalue weighted by atomic mass is 32.3. The van der Waals surface area contributed by atoms with Gasteiger partial charge in [0.25, 0.3) is 0 Å². The number of amides is 1. The molecule has 2 aliphatic rings. The Balaban J connectivity index is 2.26. The van der Waals surface area contributed by atoms with Gasteiger partial charge in [-0.15, -0.1) is 0 Å². The van der Waals surface area contributed by atoms with E-state index in [1.54, 1.807) is 0 Å². The molecule has 2 heterocycles. The van der Waals surface area contributed by atoms with Crippen LogP contribution in [0.25, 0.3) is 0 Å². The van der Waals surface area contributed by atoms with Crippen molar-refractivity contribution < 1.29 is 78.8 Å². The van der Waals surface area contributed by atoms with Crippen molar-refractivity contribution in [1.82, 2.24) is 5.32 Å². The van der Waals surface area contributed by atoms with Gasteiger partial charge in [0.1, 0.15) is 48.8 Å². The van der Waals surface area contributed by atoms with Gasteiger partial charge in [0.05, 0.1) is 13.2 Å². The van der Waals surface area contributed by atoms with Crippen LogP contribution in [-0.2, 0) is 48.2 Å². The molecule has 20 heteroatoms. The summed E-state index contributed by atoms with van der Waals surface area (Å²) in [6, 6.07) is -1.57. The third-order valence-electron chi connectivity index (χ3n) is 4.79. The van der Waals surface area contributed by atoms with E-state index in [9.17, 15) is 47.2 Å². The van der Waals surface area contributed by atoms with Crippen LogP contribution in [0.3, 0.4) is 0 Å². The molecule has 18 nitrogen and oxygen atoms in total. The van der Waals surface area contributed by atoms with Crippen LogP contribution in [-0.4, -0.2) is 132 Å². The number of hydrogen-bond acceptors (Lipinski definition) is 15. The molecular formula is C14H25NO17S2. The maximum absolute atomic E-state index is 11.5. The van der Waals surface area contributed by atoms with E-state index in [2.05, 4.69) is 13.7 Å². The highest BCUT2D eigenvalue weighted by molar-refractivity contribution is 7.81. The second-order valence-corrected chi connectivity index (χ2v) is 9.50. The van der Waals surface area contributed by atoms with Crippen molar-refractivity contribution in [3.8, 4) is 0 Å². The van der Waals surface area contributed by atoms with Crippen LogP contribution in [0.5, 0.6) is 0 Å². The standard InChI is InChI=1S/C14H25NO17S2/c1-4(16)15-7-12(9(18)6(30-13(7)21)3-29-34(25,26)27)32-14-11(20)10(19)8(17)5(31-14)2-28-33(22,23)24/h5-14,17-21H,2-3H2,1H3,(H,15,16)(H,22,23,24)(H,25,26,27)/t5-,6-,7-,8-,9-,10-,11-,12+,13-,14-/m0/s1. The highest BCUT2D eigenvalue weighted by Crippen LogP contribution is 2.29. The lowest BCUT2D eigenvalue weighted by Crippen LogP contribution is -2.67. The molecule has 0 aromatic carbocycles. The van der Waals surface area contributed by atoms with E-state index < -0.39 is 101 Å². The van der Waals surface area contributed by atoms with Gasteiger partial charge in [0.2, 0.25) is 5.91 Å². The van der Waals surface area contributed by atoms with Crippen LogP contribution in [0.1, 0.15) is 6.92 Å². The average Bonchev–Trinajstić information content (AvgIpc) is 2.69. The molecule has 2 saturated heterocycles. The third-order valence-corrected chi connectivity index (χ3v) is 5.65. The number of hydrogen-bond donors (Lipinski definition) is 8. The molecule has 2 fully saturated rings. The van der Waals surface area contributed by atoms with Gasteiger partial charge in [-0.3, -0.25) is 13.9 Å². The SMILES string of the molecule is CC(=O)N[C@H]1[C@@H](O[C@@H]2O[C@@H](COS(=O)(=O)O)[C@H](O)[C@H](O)[C@@H]2O)[C@@H](O)[C@H](COS(=O)(=O)O)O[C@@H]1O. The Bertz CT molecular complexity index is 911. The Hall–Kier alpha value is -1.11. The van der Waals surface area contributed by atoms with Crippen LogP contribution < -0.4 is 5.32 Å². The van der Waals surface area contributed by atoms with Gasteiger partial charge in [-0.25, -0.2) is 8.37 Å². The molecule has 2 rings (SSSR count). The third kappa shape index (κ3) is 7.96. The summed E-state index contributed by atoms with van der Waals surface area (Å²) in [5, 5.41) is 53.2. The molecule has 200 valence electrons. The first-order valence-electron chi connectivity index (χ1n) is 9.37. The molecule has 0 radical (unpaired) electrons. The normalized spacial score (nSPS) is 39.5. The van der Waals surface area contributed by atoms with Crippen molar-refractivity contribution in [2.75, 3.05) is 13.2 Å². The largest absolute Gasteiger partial charge is 0.397 e. The van der Waals surface area contributed by atoms with Gasteiger partial charge in [-0.05, 0) is 0 Å². The lowest BCUT2D eigenvalue weighted by molar-refractivity contribution is -0.340. The van der Waals surface area contributed by atoms with Gasteiger partial charge in [-0.1, -0.05) is 0 Å². The summed E-state index contributed by atoms with van der Waals surface area (Å²) in [6.07, 6.45) is -17.0. The average molecular weight is 543 g/mol. The molecule has 0 aromatic heterocycles. The summed E-state index contributed by atoms with van der Waals surface area (Å²) in [6.45, 7) is -1.04. The van der Waals surface area contributed by atoms with Crippen molar-refractivity contribution in [2.24, 2.45) is 0 Å². The van der Waals surface area contributed by atoms with Gasteiger partial charge in [-0.2, -0.15) is 16.8 Å². The van der Waals surface area contributed by atoms with Crippen molar-refractivity contribution in [3.05, 3.63) is 0 Å². The van der Waals surface area contributed by atoms with Crippen LogP contribution in [0.4, 0.5) is 0 Å². The van der Waals surface area contributed by atoms with E-state index in [0.29, 0.717) is 0 Å². The molecule has 0 bridgehead atoms. The second-order valence-electron chi connectivity index (χ2n) is 7.32. The second kappa shape index (κ2) is 11.3. The number of aliphatic hydroxyl groups is 5. The maximum atomic E-state index is 11.5. The first-order valence-corrected chi connectivity index (χ1v) is 12.1. The highest BCUT2D eigenvalue weighted by Gasteiger charge is 2.51. The zero-order valence-corrected chi connectivity index (χ0v) is 18.9. The van der Waals surface area contributed by atoms with E-state index >= 15 is 0 Å². The van der Waals surface area contributed by atoms with Crippen LogP contribution in [0.2, 0.25) is 0 Å². The Morgan fingerprint density at radius 3 is 1.79 bits per heavy atom. The molecule has 0 spiro atoms. The van der Waals surface area contributed by atoms with Crippen molar-refractivity contribution in [3.63, 3.8) is 0 Å². The van der Waals surface area contributed by atoms with Gasteiger partial charge < -0.3 is 45.1 Å². The monoisotopic (exact) mass is 543 g/mol. The fraction of sp³-hybridized carbons (Fsp3) is 0.929. The summed E-state index contributed by atoms with van der Waals surface area (Å²) in [5.74, 6) is -0.749. The van der Waals surface area contributed by atoms with E-state index in [0.717, 1.165) is 6.92 Å². The molecular weight excluding hydrogens is 518 g/mol. The van der Waals surface area contributed by atoms with E-state index in [1.807, 2.05) is 0 Å². The summed E-state index contributed by atoms with van der Waals surface area (Å²) in [7, 11) is -9.96. The molecule has 34 heavy (non-hydrogen) atoms. The molecule has 2 aliphatic heterocycles. The smallest absolute Gasteiger partial charge is 0.388 e. The molecule has 0 aromatic rings. The first kappa shape index (κ1) is 29.1. The molecule has 0 unspecified atom stereocenters. The molecule has 0 aliphatic carbocycles. The lowest BCUT2D eigenvalue weighted by Gasteiger charge is -2.46. The maximum Gasteiger partial charge on any atom is 0.397 e. The fourth-order valence-corrected chi connectivity index (χ4v) is 3.86. The number of rotatable bonds is 9. The minimum atomic E-state index is -4.98. The predicted molar refractivity (Wildman–Crippen MR) is 101 cm³/mol. The number of aliphatic hydroxyl groups excluding tert-OH is 5. The molecule has 8 N–H and O–H groups in total. The van der Waals surface area contributed by atoms with E-state index in [4.69, 9.17) is 23.3 Å². The molecule has 10 atom stereocenters. The summed E-state index contributed by atoms with van der Waals surface area (Å²) >= 11 is 0. The summed E-state index contributed by atoms with van der Waals surface area (Å²) in [5.41, 5.74) is 0. The van der Waals surface area contributed by atoms with Crippen molar-refractivity contribution in [2.45, 2.75) is 68.3 Å². The predicted octanol–water partition coefficient (Wildman–Crippen LogP) is -5.60. The van der Waals surface area contributed by atoms with Crippen LogP contribution in [0.15, 0.2) is 0 Å². The van der Waals surface area contributed by atoms with Crippen molar-refractivity contribution >= 4 is 26.7 Å². The Kier molecular flexibility index (Phi) is 9.68. The topological polar surface area (TPSA) is 285 Å². The minimum absolute atomic E-state index is 0.749.